The van der Waals surface area contributed by atoms with E-state index < -0.39 is 17.8 Å². The van der Waals surface area contributed by atoms with Crippen LogP contribution < -0.4 is 4.90 Å². The highest BCUT2D eigenvalue weighted by atomic mass is 16.5. The highest BCUT2D eigenvalue weighted by Gasteiger charge is 2.62. The van der Waals surface area contributed by atoms with Crippen LogP contribution in [0.2, 0.25) is 0 Å². The Morgan fingerprint density at radius 2 is 1.28 bits per heavy atom. The summed E-state index contributed by atoms with van der Waals surface area (Å²) in [6.45, 7) is 1.99. The van der Waals surface area contributed by atoms with Gasteiger partial charge in [-0.1, -0.05) is 78.9 Å². The summed E-state index contributed by atoms with van der Waals surface area (Å²) >= 11 is 0. The van der Waals surface area contributed by atoms with Crippen molar-refractivity contribution >= 4 is 29.0 Å². The SMILES string of the molecule is CCOC(=O)c1cccc(N2C(=O)[C@@H]3[C@H](C2=O)[C@H]2C=C[C@H]3C2=C(c2ccccc2)c2ccccc2)c1. The number of hydrogen-bond acceptors (Lipinski definition) is 4. The zero-order valence-electron chi connectivity index (χ0n) is 19.8. The molecule has 0 N–H and O–H groups in total. The van der Waals surface area contributed by atoms with Crippen molar-refractivity contribution in [3.05, 3.63) is 119 Å². The lowest BCUT2D eigenvalue weighted by Crippen LogP contribution is -2.33. The number of amides is 2. The van der Waals surface area contributed by atoms with Gasteiger partial charge in [0.15, 0.2) is 0 Å². The van der Waals surface area contributed by atoms with E-state index in [0.717, 1.165) is 22.3 Å². The van der Waals surface area contributed by atoms with Gasteiger partial charge in [-0.3, -0.25) is 9.59 Å². The van der Waals surface area contributed by atoms with Gasteiger partial charge in [-0.25, -0.2) is 9.69 Å². The molecule has 2 aliphatic carbocycles. The minimum atomic E-state index is -0.471. The molecule has 2 amide bonds. The maximum Gasteiger partial charge on any atom is 0.338 e. The van der Waals surface area contributed by atoms with Crippen molar-refractivity contribution in [3.8, 4) is 0 Å². The van der Waals surface area contributed by atoms with Gasteiger partial charge in [-0.15, -0.1) is 0 Å². The smallest absolute Gasteiger partial charge is 0.338 e. The number of rotatable bonds is 5. The molecule has 2 bridgehead atoms. The summed E-state index contributed by atoms with van der Waals surface area (Å²) in [5.74, 6) is -2.08. The van der Waals surface area contributed by atoms with Crippen molar-refractivity contribution < 1.29 is 19.1 Å². The maximum absolute atomic E-state index is 13.8. The van der Waals surface area contributed by atoms with Crippen LogP contribution in [0, 0.1) is 23.7 Å². The van der Waals surface area contributed by atoms with Crippen LogP contribution in [0.15, 0.2) is 103 Å². The van der Waals surface area contributed by atoms with E-state index in [0.29, 0.717) is 11.3 Å². The van der Waals surface area contributed by atoms with E-state index in [-0.39, 0.29) is 30.3 Å². The quantitative estimate of drug-likeness (QED) is 0.286. The first kappa shape index (κ1) is 22.2. The van der Waals surface area contributed by atoms with Crippen LogP contribution >= 0.6 is 0 Å². The summed E-state index contributed by atoms with van der Waals surface area (Å²) in [6.07, 6.45) is 4.19. The normalized spacial score (nSPS) is 23.8. The molecule has 5 heteroatoms. The molecule has 1 saturated heterocycles. The average Bonchev–Trinajstić information content (AvgIpc) is 3.54. The number of carbonyl (C=O) groups excluding carboxylic acids is 3. The summed E-state index contributed by atoms with van der Waals surface area (Å²) in [5, 5.41) is 0. The molecule has 2 fully saturated rings. The molecular weight excluding hydrogens is 450 g/mol. The summed E-state index contributed by atoms with van der Waals surface area (Å²) in [5.41, 5.74) is 5.14. The van der Waals surface area contributed by atoms with Crippen LogP contribution in [0.3, 0.4) is 0 Å². The Hall–Kier alpha value is -4.25. The van der Waals surface area contributed by atoms with E-state index in [1.165, 1.54) is 4.90 Å². The number of fused-ring (bicyclic) bond motifs is 5. The second-order valence-corrected chi connectivity index (χ2v) is 9.33. The second kappa shape index (κ2) is 8.76. The first-order chi connectivity index (χ1) is 17.6. The van der Waals surface area contributed by atoms with Crippen LogP contribution in [-0.2, 0) is 14.3 Å². The predicted molar refractivity (Wildman–Crippen MR) is 137 cm³/mol. The molecule has 3 aromatic rings. The van der Waals surface area contributed by atoms with Gasteiger partial charge in [0.05, 0.1) is 29.7 Å². The molecule has 1 heterocycles. The molecule has 6 rings (SSSR count). The number of imide groups is 1. The van der Waals surface area contributed by atoms with Crippen LogP contribution in [-0.4, -0.2) is 24.4 Å². The van der Waals surface area contributed by atoms with Crippen molar-refractivity contribution in [3.63, 3.8) is 0 Å². The fraction of sp³-hybridized carbons (Fsp3) is 0.194. The second-order valence-electron chi connectivity index (χ2n) is 9.33. The third-order valence-corrected chi connectivity index (χ3v) is 7.44. The van der Waals surface area contributed by atoms with E-state index in [9.17, 15) is 14.4 Å². The Kier molecular flexibility index (Phi) is 5.41. The minimum absolute atomic E-state index is 0.148. The molecule has 178 valence electrons. The van der Waals surface area contributed by atoms with E-state index in [2.05, 4.69) is 36.4 Å². The van der Waals surface area contributed by atoms with Gasteiger partial charge >= 0.3 is 5.97 Å². The first-order valence-electron chi connectivity index (χ1n) is 12.3. The number of anilines is 1. The van der Waals surface area contributed by atoms with Crippen LogP contribution in [0.5, 0.6) is 0 Å². The number of nitrogens with zero attached hydrogens (tertiary/aromatic N) is 1. The summed E-state index contributed by atoms with van der Waals surface area (Å²) in [7, 11) is 0. The molecule has 1 aliphatic heterocycles. The fourth-order valence-corrected chi connectivity index (χ4v) is 6.05. The van der Waals surface area contributed by atoms with E-state index in [1.807, 2.05) is 36.4 Å². The van der Waals surface area contributed by atoms with Gasteiger partial charge in [0.2, 0.25) is 11.8 Å². The molecule has 0 spiro atoms. The molecule has 1 saturated carbocycles. The molecule has 3 aliphatic rings. The van der Waals surface area contributed by atoms with Crippen molar-refractivity contribution in [1.82, 2.24) is 0 Å². The van der Waals surface area contributed by atoms with Crippen LogP contribution in [0.25, 0.3) is 5.57 Å². The van der Waals surface area contributed by atoms with Gasteiger partial charge in [-0.05, 0) is 47.4 Å². The molecule has 4 atom stereocenters. The van der Waals surface area contributed by atoms with E-state index >= 15 is 0 Å². The highest BCUT2D eigenvalue weighted by molar-refractivity contribution is 6.23. The third kappa shape index (κ3) is 3.34. The molecule has 0 unspecified atom stereocenters. The topological polar surface area (TPSA) is 63.7 Å². The first-order valence-corrected chi connectivity index (χ1v) is 12.3. The average molecular weight is 476 g/mol. The highest BCUT2D eigenvalue weighted by Crippen LogP contribution is 2.58. The number of esters is 1. The minimum Gasteiger partial charge on any atom is -0.462 e. The van der Waals surface area contributed by atoms with Crippen LogP contribution in [0.1, 0.15) is 28.4 Å². The van der Waals surface area contributed by atoms with E-state index in [1.54, 1.807) is 31.2 Å². The maximum atomic E-state index is 13.8. The van der Waals surface area contributed by atoms with Gasteiger partial charge in [0.1, 0.15) is 0 Å². The monoisotopic (exact) mass is 475 g/mol. The third-order valence-electron chi connectivity index (χ3n) is 7.44. The van der Waals surface area contributed by atoms with Crippen molar-refractivity contribution in [2.24, 2.45) is 23.7 Å². The standard InChI is InChI=1S/C31H25NO4/c1-2-36-31(35)21-14-9-15-22(18-21)32-29(33)27-23-16-17-24(28(27)30(32)34)26(23)25(19-10-5-3-6-11-19)20-12-7-4-8-13-20/h3-18,23-24,27-28H,2H2,1H3/t23-,24-,27-,28+/m0/s1. The molecule has 0 aromatic heterocycles. The zero-order valence-corrected chi connectivity index (χ0v) is 19.8. The van der Waals surface area contributed by atoms with Gasteiger partial charge in [0, 0.05) is 11.8 Å². The van der Waals surface area contributed by atoms with Gasteiger partial charge in [-0.2, -0.15) is 0 Å². The molecule has 3 aromatic carbocycles. The lowest BCUT2D eigenvalue weighted by molar-refractivity contribution is -0.122. The molecule has 36 heavy (non-hydrogen) atoms. The molecule has 5 nitrogen and oxygen atoms in total. The number of ether oxygens (including phenoxy) is 1. The number of allylic oxidation sites excluding steroid dienone is 3. The summed E-state index contributed by atoms with van der Waals surface area (Å²) in [6, 6.07) is 26.9. The zero-order chi connectivity index (χ0) is 24.8. The summed E-state index contributed by atoms with van der Waals surface area (Å²) < 4.78 is 5.10. The Morgan fingerprint density at radius 1 is 0.750 bits per heavy atom. The summed E-state index contributed by atoms with van der Waals surface area (Å²) in [4.78, 5) is 41.1. The van der Waals surface area contributed by atoms with Crippen molar-refractivity contribution in [1.29, 1.82) is 0 Å². The Balaban J connectivity index is 1.42. The van der Waals surface area contributed by atoms with Gasteiger partial charge < -0.3 is 4.74 Å². The molecular formula is C31H25NO4. The number of carbonyl (C=O) groups is 3. The lowest BCUT2D eigenvalue weighted by Gasteiger charge is -2.22. The lowest BCUT2D eigenvalue weighted by atomic mass is 9.85. The fourth-order valence-electron chi connectivity index (χ4n) is 6.05. The van der Waals surface area contributed by atoms with Crippen molar-refractivity contribution in [2.75, 3.05) is 11.5 Å². The van der Waals surface area contributed by atoms with E-state index in [4.69, 9.17) is 4.74 Å². The predicted octanol–water partition coefficient (Wildman–Crippen LogP) is 5.29. The number of hydrogen-bond donors (Lipinski definition) is 0. The van der Waals surface area contributed by atoms with Crippen LogP contribution in [0.4, 0.5) is 5.69 Å². The Morgan fingerprint density at radius 3 is 1.81 bits per heavy atom. The largest absolute Gasteiger partial charge is 0.462 e. The number of benzene rings is 3. The van der Waals surface area contributed by atoms with Gasteiger partial charge in [0.25, 0.3) is 0 Å². The van der Waals surface area contributed by atoms with Crippen molar-refractivity contribution in [2.45, 2.75) is 6.92 Å². The Bertz CT molecular complexity index is 1350. The molecule has 0 radical (unpaired) electrons. The Labute approximate surface area is 209 Å².